The van der Waals surface area contributed by atoms with Crippen LogP contribution in [0.15, 0.2) is 77.7 Å². The third kappa shape index (κ3) is 8.45. The molecule has 0 fully saturated rings. The van der Waals surface area contributed by atoms with Gasteiger partial charge in [-0.25, -0.2) is 12.8 Å². The summed E-state index contributed by atoms with van der Waals surface area (Å²) in [5.74, 6) is -0.221. The van der Waals surface area contributed by atoms with Gasteiger partial charge in [0.25, 0.3) is 10.0 Å². The van der Waals surface area contributed by atoms with Gasteiger partial charge in [0.05, 0.1) is 24.3 Å². The van der Waals surface area contributed by atoms with Crippen LogP contribution in [-0.4, -0.2) is 58.0 Å². The van der Waals surface area contributed by atoms with Gasteiger partial charge in [0, 0.05) is 13.1 Å². The van der Waals surface area contributed by atoms with Crippen LogP contribution in [0, 0.1) is 11.7 Å². The maximum Gasteiger partial charge on any atom is 0.264 e. The molecule has 0 saturated carbocycles. The van der Waals surface area contributed by atoms with Crippen LogP contribution in [0.25, 0.3) is 0 Å². The van der Waals surface area contributed by atoms with E-state index in [0.29, 0.717) is 24.7 Å². The molecule has 0 unspecified atom stereocenters. The molecule has 0 heterocycles. The van der Waals surface area contributed by atoms with Gasteiger partial charge in [0.15, 0.2) is 0 Å². The van der Waals surface area contributed by atoms with E-state index in [0.717, 1.165) is 22.0 Å². The zero-order valence-electron chi connectivity index (χ0n) is 24.5. The predicted molar refractivity (Wildman–Crippen MR) is 159 cm³/mol. The van der Waals surface area contributed by atoms with Crippen molar-refractivity contribution >= 4 is 27.5 Å². The summed E-state index contributed by atoms with van der Waals surface area (Å²) < 4.78 is 53.1. The fourth-order valence-electron chi connectivity index (χ4n) is 4.10. The molecule has 11 heteroatoms. The molecule has 0 spiro atoms. The Balaban J connectivity index is 2.00. The maximum atomic E-state index is 13.9. The molecule has 0 aromatic heterocycles. The van der Waals surface area contributed by atoms with Crippen molar-refractivity contribution < 1.29 is 31.9 Å². The van der Waals surface area contributed by atoms with Crippen LogP contribution in [0.4, 0.5) is 10.1 Å². The average Bonchev–Trinajstić information content (AvgIpc) is 2.98. The first-order valence-electron chi connectivity index (χ1n) is 13.7. The second-order valence-corrected chi connectivity index (χ2v) is 11.9. The monoisotopic (exact) mass is 599 g/mol. The second-order valence-electron chi connectivity index (χ2n) is 10.1. The summed E-state index contributed by atoms with van der Waals surface area (Å²) in [4.78, 5) is 28.3. The number of hydrogen-bond acceptors (Lipinski definition) is 6. The molecule has 42 heavy (non-hydrogen) atoms. The molecule has 0 saturated heterocycles. The average molecular weight is 600 g/mol. The van der Waals surface area contributed by atoms with Crippen LogP contribution in [-0.2, 0) is 26.2 Å². The van der Waals surface area contributed by atoms with Crippen molar-refractivity contribution in [3.05, 3.63) is 84.2 Å². The standard InChI is InChI=1S/C31H38FN3O6S/c1-6-41-28-15-17-29(18-16-28)42(38,39)35(26-11-9-25(32)10-12-26)21-30(36)34(23(4)31(37)33-19-22(2)3)20-24-7-13-27(40-5)14-8-24/h7-18,22-23H,6,19-21H2,1-5H3,(H,33,37)/t23-/m0/s1. The number of sulfonamides is 1. The topological polar surface area (TPSA) is 105 Å². The highest BCUT2D eigenvalue weighted by Crippen LogP contribution is 2.26. The van der Waals surface area contributed by atoms with Crippen LogP contribution in [0.2, 0.25) is 0 Å². The van der Waals surface area contributed by atoms with E-state index in [1.165, 1.54) is 41.3 Å². The summed E-state index contributed by atoms with van der Waals surface area (Å²) in [5.41, 5.74) is 0.815. The van der Waals surface area contributed by atoms with Crippen molar-refractivity contribution in [3.63, 3.8) is 0 Å². The fraction of sp³-hybridized carbons (Fsp3) is 0.355. The summed E-state index contributed by atoms with van der Waals surface area (Å²) in [5, 5.41) is 2.85. The number of nitrogens with one attached hydrogen (secondary N) is 1. The molecule has 0 bridgehead atoms. The largest absolute Gasteiger partial charge is 0.497 e. The third-order valence-corrected chi connectivity index (χ3v) is 8.27. The Kier molecular flexibility index (Phi) is 11.3. The summed E-state index contributed by atoms with van der Waals surface area (Å²) >= 11 is 0. The molecule has 9 nitrogen and oxygen atoms in total. The van der Waals surface area contributed by atoms with Crippen LogP contribution < -0.4 is 19.1 Å². The molecule has 0 aliphatic rings. The number of hydrogen-bond donors (Lipinski definition) is 1. The van der Waals surface area contributed by atoms with Gasteiger partial charge in [-0.1, -0.05) is 26.0 Å². The predicted octanol–water partition coefficient (Wildman–Crippen LogP) is 4.62. The highest BCUT2D eigenvalue weighted by atomic mass is 32.2. The lowest BCUT2D eigenvalue weighted by Gasteiger charge is -2.32. The first-order chi connectivity index (χ1) is 20.0. The number of ether oxygens (including phenoxy) is 2. The van der Waals surface area contributed by atoms with Gasteiger partial charge in [-0.2, -0.15) is 0 Å². The molecule has 2 amide bonds. The number of carbonyl (C=O) groups excluding carboxylic acids is 2. The molecular weight excluding hydrogens is 561 g/mol. The Morgan fingerprint density at radius 3 is 2.05 bits per heavy atom. The summed E-state index contributed by atoms with van der Waals surface area (Å²) in [6.45, 7) is 7.57. The first-order valence-corrected chi connectivity index (χ1v) is 15.1. The zero-order chi connectivity index (χ0) is 30.9. The van der Waals surface area contributed by atoms with Crippen LogP contribution in [0.5, 0.6) is 11.5 Å². The van der Waals surface area contributed by atoms with Crippen LogP contribution in [0.3, 0.4) is 0 Å². The Labute approximate surface area is 247 Å². The maximum absolute atomic E-state index is 13.9. The third-order valence-electron chi connectivity index (χ3n) is 6.48. The molecule has 3 rings (SSSR count). The van der Waals surface area contributed by atoms with E-state index < -0.39 is 34.3 Å². The first kappa shape index (κ1) is 32.4. The molecule has 226 valence electrons. The lowest BCUT2D eigenvalue weighted by atomic mass is 10.1. The molecule has 1 atom stereocenters. The van der Waals surface area contributed by atoms with E-state index in [1.807, 2.05) is 20.8 Å². The van der Waals surface area contributed by atoms with Gasteiger partial charge in [-0.3, -0.25) is 13.9 Å². The smallest absolute Gasteiger partial charge is 0.264 e. The van der Waals surface area contributed by atoms with E-state index >= 15 is 0 Å². The van der Waals surface area contributed by atoms with Crippen molar-refractivity contribution in [3.8, 4) is 11.5 Å². The van der Waals surface area contributed by atoms with Gasteiger partial charge < -0.3 is 19.7 Å². The molecule has 0 radical (unpaired) electrons. The molecule has 0 aliphatic carbocycles. The molecule has 1 N–H and O–H groups in total. The van der Waals surface area contributed by atoms with E-state index in [9.17, 15) is 22.4 Å². The van der Waals surface area contributed by atoms with Gasteiger partial charge in [0.2, 0.25) is 11.8 Å². The van der Waals surface area contributed by atoms with E-state index in [1.54, 1.807) is 38.3 Å². The highest BCUT2D eigenvalue weighted by Gasteiger charge is 2.32. The van der Waals surface area contributed by atoms with Crippen molar-refractivity contribution in [1.29, 1.82) is 0 Å². The van der Waals surface area contributed by atoms with Crippen molar-refractivity contribution in [2.24, 2.45) is 5.92 Å². The number of benzene rings is 3. The summed E-state index contributed by atoms with van der Waals surface area (Å²) in [7, 11) is -2.74. The van der Waals surface area contributed by atoms with Gasteiger partial charge >= 0.3 is 0 Å². The Morgan fingerprint density at radius 2 is 1.50 bits per heavy atom. The number of anilines is 1. The molecule has 0 aliphatic heterocycles. The van der Waals surface area contributed by atoms with Crippen molar-refractivity contribution in [2.45, 2.75) is 45.2 Å². The van der Waals surface area contributed by atoms with Crippen molar-refractivity contribution in [2.75, 3.05) is 31.1 Å². The SMILES string of the molecule is CCOc1ccc(S(=O)(=O)N(CC(=O)N(Cc2ccc(OC)cc2)[C@@H](C)C(=O)NCC(C)C)c2ccc(F)cc2)cc1. The van der Waals surface area contributed by atoms with E-state index in [2.05, 4.69) is 5.32 Å². The number of amides is 2. The molecule has 3 aromatic rings. The molecular formula is C31H38FN3O6S. The Hall–Kier alpha value is -4.12. The molecule has 3 aromatic carbocycles. The number of halogens is 1. The van der Waals surface area contributed by atoms with Gasteiger partial charge in [-0.15, -0.1) is 0 Å². The lowest BCUT2D eigenvalue weighted by Crippen LogP contribution is -2.51. The number of rotatable bonds is 14. The van der Waals surface area contributed by atoms with E-state index in [-0.39, 0.29) is 29.0 Å². The lowest BCUT2D eigenvalue weighted by molar-refractivity contribution is -0.139. The van der Waals surface area contributed by atoms with Crippen molar-refractivity contribution in [1.82, 2.24) is 10.2 Å². The normalized spacial score (nSPS) is 12.0. The second kappa shape index (κ2) is 14.7. The van der Waals surface area contributed by atoms with Gasteiger partial charge in [-0.05, 0) is 86.0 Å². The fourth-order valence-corrected chi connectivity index (χ4v) is 5.51. The van der Waals surface area contributed by atoms with Gasteiger partial charge in [0.1, 0.15) is 29.9 Å². The minimum atomic E-state index is -4.29. The number of carbonyl (C=O) groups is 2. The van der Waals surface area contributed by atoms with E-state index in [4.69, 9.17) is 9.47 Å². The zero-order valence-corrected chi connectivity index (χ0v) is 25.4. The van der Waals surface area contributed by atoms with Crippen LogP contribution >= 0.6 is 0 Å². The quantitative estimate of drug-likeness (QED) is 0.290. The highest BCUT2D eigenvalue weighted by molar-refractivity contribution is 7.92. The number of methoxy groups -OCH3 is 1. The summed E-state index contributed by atoms with van der Waals surface area (Å²) in [6, 6.07) is 16.8. The number of nitrogens with zero attached hydrogens (tertiary/aromatic N) is 2. The minimum absolute atomic E-state index is 0.0411. The Morgan fingerprint density at radius 1 is 0.905 bits per heavy atom. The van der Waals surface area contributed by atoms with Crippen LogP contribution in [0.1, 0.15) is 33.3 Å². The summed E-state index contributed by atoms with van der Waals surface area (Å²) in [6.07, 6.45) is 0. The Bertz CT molecular complexity index is 1430. The minimum Gasteiger partial charge on any atom is -0.497 e.